The summed E-state index contributed by atoms with van der Waals surface area (Å²) in [7, 11) is 0. The first-order chi connectivity index (χ1) is 4.57. The van der Waals surface area contributed by atoms with Gasteiger partial charge in [0.05, 0.1) is 0 Å². The zero-order valence-corrected chi connectivity index (χ0v) is 7.27. The molecule has 0 radical (unpaired) electrons. The molecule has 58 valence electrons. The summed E-state index contributed by atoms with van der Waals surface area (Å²) in [6, 6.07) is 0. The average molecular weight is 140 g/mol. The Kier molecular flexibility index (Phi) is 4.01. The lowest BCUT2D eigenvalue weighted by Gasteiger charge is -2.02. The van der Waals surface area contributed by atoms with Gasteiger partial charge < -0.3 is 0 Å². The normalized spacial score (nSPS) is 12.3. The Morgan fingerprint density at radius 1 is 1.50 bits per heavy atom. The molecule has 0 aromatic carbocycles. The van der Waals surface area contributed by atoms with E-state index in [2.05, 4.69) is 13.8 Å². The van der Waals surface area contributed by atoms with Gasteiger partial charge in [0.1, 0.15) is 0 Å². The van der Waals surface area contributed by atoms with Gasteiger partial charge >= 0.3 is 0 Å². The fraction of sp³-hybridized carbons (Fsp3) is 0.667. The third-order valence-corrected chi connectivity index (χ3v) is 1.47. The molecule has 0 amide bonds. The van der Waals surface area contributed by atoms with Crippen molar-refractivity contribution in [1.82, 2.24) is 0 Å². The largest absolute Gasteiger partial charge is 0.295 e. The van der Waals surface area contributed by atoms with Crippen LogP contribution in [-0.4, -0.2) is 5.78 Å². The molecule has 0 N–H and O–H groups in total. The number of allylic oxidation sites excluding steroid dienone is 2. The third kappa shape index (κ3) is 3.44. The van der Waals surface area contributed by atoms with E-state index in [1.54, 1.807) is 0 Å². The summed E-state index contributed by atoms with van der Waals surface area (Å²) in [5.74, 6) is 0.750. The summed E-state index contributed by atoms with van der Waals surface area (Å²) in [5, 5.41) is 0. The van der Waals surface area contributed by atoms with Crippen LogP contribution in [0.3, 0.4) is 0 Å². The zero-order chi connectivity index (χ0) is 8.15. The number of carbonyl (C=O) groups excluding carboxylic acids is 1. The molecule has 1 heteroatoms. The molecule has 0 aliphatic rings. The van der Waals surface area contributed by atoms with Crippen LogP contribution in [-0.2, 0) is 4.79 Å². The second-order valence-electron chi connectivity index (χ2n) is 2.99. The molecular formula is C9H16O. The van der Waals surface area contributed by atoms with Gasteiger partial charge in [-0.05, 0) is 25.3 Å². The molecule has 0 atom stereocenters. The molecule has 0 fully saturated rings. The number of ketones is 1. The standard InChI is InChI=1S/C9H16O/c1-5-8(4)9(10)6-7(2)3/h5,7H,6H2,1-4H3/b8-5+. The Bertz CT molecular complexity index is 143. The highest BCUT2D eigenvalue weighted by Crippen LogP contribution is 2.05. The fourth-order valence-electron chi connectivity index (χ4n) is 0.693. The molecule has 0 unspecified atom stereocenters. The van der Waals surface area contributed by atoms with Gasteiger partial charge in [-0.2, -0.15) is 0 Å². The maximum Gasteiger partial charge on any atom is 0.158 e. The van der Waals surface area contributed by atoms with Gasteiger partial charge in [0.15, 0.2) is 5.78 Å². The Morgan fingerprint density at radius 2 is 2.00 bits per heavy atom. The summed E-state index contributed by atoms with van der Waals surface area (Å²) in [6.07, 6.45) is 2.54. The third-order valence-electron chi connectivity index (χ3n) is 1.47. The van der Waals surface area contributed by atoms with Gasteiger partial charge in [0.2, 0.25) is 0 Å². The summed E-state index contributed by atoms with van der Waals surface area (Å²) in [5.41, 5.74) is 0.883. The highest BCUT2D eigenvalue weighted by molar-refractivity contribution is 5.94. The van der Waals surface area contributed by atoms with E-state index in [0.717, 1.165) is 5.57 Å². The topological polar surface area (TPSA) is 17.1 Å². The summed E-state index contributed by atoms with van der Waals surface area (Å²) < 4.78 is 0. The van der Waals surface area contributed by atoms with Crippen molar-refractivity contribution < 1.29 is 4.79 Å². The molecule has 0 aliphatic carbocycles. The molecule has 10 heavy (non-hydrogen) atoms. The SMILES string of the molecule is C/C=C(\C)C(=O)CC(C)C. The Balaban J connectivity index is 3.86. The van der Waals surface area contributed by atoms with E-state index in [-0.39, 0.29) is 5.78 Å². The number of rotatable bonds is 3. The lowest BCUT2D eigenvalue weighted by molar-refractivity contribution is -0.116. The first kappa shape index (κ1) is 9.41. The summed E-state index contributed by atoms with van der Waals surface area (Å²) in [6.45, 7) is 7.87. The predicted molar refractivity (Wildman–Crippen MR) is 43.9 cm³/mol. The van der Waals surface area contributed by atoms with Crippen molar-refractivity contribution in [3.63, 3.8) is 0 Å². The Morgan fingerprint density at radius 3 is 2.30 bits per heavy atom. The van der Waals surface area contributed by atoms with E-state index in [1.807, 2.05) is 19.9 Å². The molecule has 0 spiro atoms. The lowest BCUT2D eigenvalue weighted by Crippen LogP contribution is -2.03. The van der Waals surface area contributed by atoms with E-state index in [0.29, 0.717) is 12.3 Å². The van der Waals surface area contributed by atoms with Crippen LogP contribution in [0.15, 0.2) is 11.6 Å². The minimum Gasteiger partial charge on any atom is -0.295 e. The van der Waals surface area contributed by atoms with Crippen molar-refractivity contribution in [2.75, 3.05) is 0 Å². The van der Waals surface area contributed by atoms with Crippen LogP contribution in [0.25, 0.3) is 0 Å². The van der Waals surface area contributed by atoms with Crippen LogP contribution < -0.4 is 0 Å². The van der Waals surface area contributed by atoms with E-state index in [4.69, 9.17) is 0 Å². The first-order valence-electron chi connectivity index (χ1n) is 3.74. The van der Waals surface area contributed by atoms with Gasteiger partial charge in [-0.25, -0.2) is 0 Å². The molecule has 0 bridgehead atoms. The van der Waals surface area contributed by atoms with Crippen LogP contribution in [0.4, 0.5) is 0 Å². The van der Waals surface area contributed by atoms with Crippen LogP contribution in [0, 0.1) is 5.92 Å². The van der Waals surface area contributed by atoms with Gasteiger partial charge in [0, 0.05) is 6.42 Å². The van der Waals surface area contributed by atoms with Gasteiger partial charge in [0.25, 0.3) is 0 Å². The highest BCUT2D eigenvalue weighted by Gasteiger charge is 2.04. The lowest BCUT2D eigenvalue weighted by atomic mass is 10.0. The quantitative estimate of drug-likeness (QED) is 0.551. The smallest absolute Gasteiger partial charge is 0.158 e. The summed E-state index contributed by atoms with van der Waals surface area (Å²) >= 11 is 0. The molecule has 0 aromatic heterocycles. The van der Waals surface area contributed by atoms with Crippen LogP contribution in [0.1, 0.15) is 34.1 Å². The van der Waals surface area contributed by atoms with E-state index in [9.17, 15) is 4.79 Å². The van der Waals surface area contributed by atoms with Crippen molar-refractivity contribution in [2.24, 2.45) is 5.92 Å². The van der Waals surface area contributed by atoms with E-state index < -0.39 is 0 Å². The van der Waals surface area contributed by atoms with Crippen LogP contribution >= 0.6 is 0 Å². The number of hydrogen-bond donors (Lipinski definition) is 0. The van der Waals surface area contributed by atoms with Gasteiger partial charge in [-0.1, -0.05) is 19.9 Å². The number of Topliss-reactive ketones (excluding diaryl/α,β-unsaturated/α-hetero) is 1. The maximum atomic E-state index is 11.1. The van der Waals surface area contributed by atoms with Crippen molar-refractivity contribution in [3.8, 4) is 0 Å². The Labute approximate surface area is 63.1 Å². The zero-order valence-electron chi connectivity index (χ0n) is 7.27. The van der Waals surface area contributed by atoms with Crippen LogP contribution in [0.5, 0.6) is 0 Å². The molecule has 0 rings (SSSR count). The first-order valence-corrected chi connectivity index (χ1v) is 3.74. The second kappa shape index (κ2) is 4.26. The molecule has 0 aliphatic heterocycles. The van der Waals surface area contributed by atoms with Crippen molar-refractivity contribution in [1.29, 1.82) is 0 Å². The fourth-order valence-corrected chi connectivity index (χ4v) is 0.693. The molecule has 0 saturated carbocycles. The highest BCUT2D eigenvalue weighted by atomic mass is 16.1. The second-order valence-corrected chi connectivity index (χ2v) is 2.99. The molecule has 0 aromatic rings. The molecular weight excluding hydrogens is 124 g/mol. The number of hydrogen-bond acceptors (Lipinski definition) is 1. The van der Waals surface area contributed by atoms with E-state index in [1.165, 1.54) is 0 Å². The summed E-state index contributed by atoms with van der Waals surface area (Å²) in [4.78, 5) is 11.1. The minimum absolute atomic E-state index is 0.275. The molecule has 0 heterocycles. The van der Waals surface area contributed by atoms with E-state index >= 15 is 0 Å². The predicted octanol–water partition coefficient (Wildman–Crippen LogP) is 2.57. The average Bonchev–Trinajstić information content (AvgIpc) is 1.85. The van der Waals surface area contributed by atoms with Gasteiger partial charge in [-0.3, -0.25) is 4.79 Å². The maximum absolute atomic E-state index is 11.1. The minimum atomic E-state index is 0.275. The van der Waals surface area contributed by atoms with Crippen molar-refractivity contribution in [3.05, 3.63) is 11.6 Å². The molecule has 0 saturated heterocycles. The van der Waals surface area contributed by atoms with Crippen LogP contribution in [0.2, 0.25) is 0 Å². The molecule has 1 nitrogen and oxygen atoms in total. The van der Waals surface area contributed by atoms with Gasteiger partial charge in [-0.15, -0.1) is 0 Å². The van der Waals surface area contributed by atoms with Crippen molar-refractivity contribution >= 4 is 5.78 Å². The Hall–Kier alpha value is -0.590. The van der Waals surface area contributed by atoms with Crippen molar-refractivity contribution in [2.45, 2.75) is 34.1 Å². The monoisotopic (exact) mass is 140 g/mol. The number of carbonyl (C=O) groups is 1.